The van der Waals surface area contributed by atoms with Crippen molar-refractivity contribution in [2.24, 2.45) is 4.99 Å². The summed E-state index contributed by atoms with van der Waals surface area (Å²) in [6, 6.07) is 11.3. The van der Waals surface area contributed by atoms with Crippen LogP contribution in [0.25, 0.3) is 0 Å². The van der Waals surface area contributed by atoms with Crippen LogP contribution in [0.4, 0.5) is 11.4 Å². The number of non-ortho nitro benzene ring substituents is 1. The van der Waals surface area contributed by atoms with Gasteiger partial charge in [-0.2, -0.15) is 0 Å². The molecule has 120 valence electrons. The van der Waals surface area contributed by atoms with Crippen LogP contribution in [0.5, 0.6) is 5.75 Å². The Morgan fingerprint density at radius 2 is 2.09 bits per heavy atom. The molecule has 0 amide bonds. The van der Waals surface area contributed by atoms with E-state index in [-0.39, 0.29) is 11.4 Å². The topological polar surface area (TPSA) is 87.8 Å². The number of hydrogen-bond donors (Lipinski definition) is 2. The van der Waals surface area contributed by atoms with E-state index in [0.717, 1.165) is 6.42 Å². The van der Waals surface area contributed by atoms with Crippen LogP contribution < -0.4 is 5.32 Å². The Morgan fingerprint density at radius 1 is 1.30 bits per heavy atom. The second-order valence-corrected chi connectivity index (χ2v) is 5.20. The molecule has 7 heteroatoms. The molecule has 23 heavy (non-hydrogen) atoms. The molecule has 2 N–H and O–H groups in total. The molecular weight excluding hydrogens is 318 g/mol. The summed E-state index contributed by atoms with van der Waals surface area (Å²) in [7, 11) is 0. The standard InChI is InChI=1S/C16H16ClN3O3/c17-14-10-13(20(22)23)6-7-15(14)19-9-3-8-18-11-12-4-1-2-5-16(12)21/h1-2,4-7,10-11,19,21H,3,8-9H2. The normalized spacial score (nSPS) is 10.8. The third-order valence-corrected chi connectivity index (χ3v) is 3.42. The number of rotatable bonds is 7. The number of aliphatic imine (C=N–C) groups is 1. The number of nitro groups is 1. The van der Waals surface area contributed by atoms with Crippen molar-refractivity contribution in [3.05, 3.63) is 63.2 Å². The molecule has 0 radical (unpaired) electrons. The van der Waals surface area contributed by atoms with Crippen LogP contribution in [0.1, 0.15) is 12.0 Å². The second-order valence-electron chi connectivity index (χ2n) is 4.80. The van der Waals surface area contributed by atoms with Crippen molar-refractivity contribution < 1.29 is 10.0 Å². The van der Waals surface area contributed by atoms with Gasteiger partial charge >= 0.3 is 0 Å². The minimum absolute atomic E-state index is 0.0344. The summed E-state index contributed by atoms with van der Waals surface area (Å²) >= 11 is 5.99. The first-order valence-corrected chi connectivity index (χ1v) is 7.41. The number of anilines is 1. The van der Waals surface area contributed by atoms with Crippen molar-refractivity contribution in [3.8, 4) is 5.75 Å². The number of nitrogens with zero attached hydrogens (tertiary/aromatic N) is 2. The van der Waals surface area contributed by atoms with E-state index in [1.54, 1.807) is 30.5 Å². The Morgan fingerprint density at radius 3 is 2.78 bits per heavy atom. The van der Waals surface area contributed by atoms with Crippen LogP contribution in [0.15, 0.2) is 47.5 Å². The van der Waals surface area contributed by atoms with Crippen LogP contribution in [0.2, 0.25) is 5.02 Å². The number of hydrogen-bond acceptors (Lipinski definition) is 5. The molecule has 2 aromatic rings. The lowest BCUT2D eigenvalue weighted by atomic mass is 10.2. The smallest absolute Gasteiger partial charge is 0.271 e. The van der Waals surface area contributed by atoms with Gasteiger partial charge in [-0.25, -0.2) is 0 Å². The first-order valence-electron chi connectivity index (χ1n) is 7.03. The molecule has 6 nitrogen and oxygen atoms in total. The maximum absolute atomic E-state index is 10.6. The van der Waals surface area contributed by atoms with Crippen LogP contribution >= 0.6 is 11.6 Å². The highest BCUT2D eigenvalue weighted by Gasteiger charge is 2.08. The van der Waals surface area contributed by atoms with E-state index >= 15 is 0 Å². The summed E-state index contributed by atoms with van der Waals surface area (Å²) < 4.78 is 0. The molecule has 0 bridgehead atoms. The molecule has 0 aliphatic heterocycles. The van der Waals surface area contributed by atoms with Crippen molar-refractivity contribution >= 4 is 29.2 Å². The quantitative estimate of drug-likeness (QED) is 0.348. The monoisotopic (exact) mass is 333 g/mol. The van der Waals surface area contributed by atoms with Crippen molar-refractivity contribution in [3.63, 3.8) is 0 Å². The van der Waals surface area contributed by atoms with E-state index in [1.165, 1.54) is 12.1 Å². The van der Waals surface area contributed by atoms with Gasteiger partial charge in [0, 0.05) is 37.0 Å². The van der Waals surface area contributed by atoms with Crippen LogP contribution in [-0.4, -0.2) is 29.3 Å². The molecule has 0 atom stereocenters. The van der Waals surface area contributed by atoms with Gasteiger partial charge in [0.15, 0.2) is 0 Å². The minimum Gasteiger partial charge on any atom is -0.507 e. The second kappa shape index (κ2) is 8.14. The Labute approximate surface area is 138 Å². The lowest BCUT2D eigenvalue weighted by Gasteiger charge is -2.07. The third kappa shape index (κ3) is 4.96. The van der Waals surface area contributed by atoms with Gasteiger partial charge in [0.25, 0.3) is 5.69 Å². The Hall–Kier alpha value is -2.60. The van der Waals surface area contributed by atoms with Crippen LogP contribution in [0, 0.1) is 10.1 Å². The van der Waals surface area contributed by atoms with Gasteiger partial charge in [0.2, 0.25) is 0 Å². The molecule has 0 spiro atoms. The number of phenols is 1. The van der Waals surface area contributed by atoms with E-state index in [1.807, 2.05) is 6.07 Å². The highest BCUT2D eigenvalue weighted by molar-refractivity contribution is 6.33. The summed E-state index contributed by atoms with van der Waals surface area (Å²) in [5.74, 6) is 0.201. The molecule has 0 aliphatic rings. The summed E-state index contributed by atoms with van der Waals surface area (Å²) in [5, 5.41) is 23.6. The molecule has 0 heterocycles. The first kappa shape index (κ1) is 16.8. The van der Waals surface area contributed by atoms with Crippen molar-refractivity contribution in [2.75, 3.05) is 18.4 Å². The molecule has 2 aromatic carbocycles. The summed E-state index contributed by atoms with van der Waals surface area (Å²) in [4.78, 5) is 14.4. The van der Waals surface area contributed by atoms with E-state index < -0.39 is 4.92 Å². The molecule has 2 rings (SSSR count). The van der Waals surface area contributed by atoms with E-state index in [2.05, 4.69) is 10.3 Å². The highest BCUT2D eigenvalue weighted by Crippen LogP contribution is 2.26. The average Bonchev–Trinajstić information content (AvgIpc) is 2.53. The van der Waals surface area contributed by atoms with Gasteiger partial charge in [0.1, 0.15) is 5.75 Å². The SMILES string of the molecule is O=[N+]([O-])c1ccc(NCCCN=Cc2ccccc2O)c(Cl)c1. The van der Waals surface area contributed by atoms with Gasteiger partial charge in [-0.1, -0.05) is 23.7 Å². The molecule has 0 unspecified atom stereocenters. The number of phenolic OH excluding ortho intramolecular Hbond substituents is 1. The van der Waals surface area contributed by atoms with E-state index in [4.69, 9.17) is 11.6 Å². The van der Waals surface area contributed by atoms with E-state index in [0.29, 0.717) is 29.4 Å². The van der Waals surface area contributed by atoms with Gasteiger partial charge in [-0.05, 0) is 24.6 Å². The third-order valence-electron chi connectivity index (χ3n) is 3.11. The Bertz CT molecular complexity index is 719. The van der Waals surface area contributed by atoms with Gasteiger partial charge < -0.3 is 10.4 Å². The minimum atomic E-state index is -0.483. The summed E-state index contributed by atoms with van der Waals surface area (Å²) in [5.41, 5.74) is 1.30. The predicted molar refractivity (Wildman–Crippen MR) is 91.8 cm³/mol. The van der Waals surface area contributed by atoms with E-state index in [9.17, 15) is 15.2 Å². The highest BCUT2D eigenvalue weighted by atomic mass is 35.5. The molecule has 0 aliphatic carbocycles. The zero-order valence-corrected chi connectivity index (χ0v) is 13.0. The summed E-state index contributed by atoms with van der Waals surface area (Å²) in [6.07, 6.45) is 2.39. The first-order chi connectivity index (χ1) is 11.1. The van der Waals surface area contributed by atoms with Crippen LogP contribution in [0.3, 0.4) is 0 Å². The van der Waals surface area contributed by atoms with Crippen molar-refractivity contribution in [1.29, 1.82) is 0 Å². The maximum atomic E-state index is 10.6. The molecule has 0 fully saturated rings. The number of para-hydroxylation sites is 1. The lowest BCUT2D eigenvalue weighted by molar-refractivity contribution is -0.384. The molecule has 0 saturated heterocycles. The maximum Gasteiger partial charge on any atom is 0.271 e. The van der Waals surface area contributed by atoms with Crippen molar-refractivity contribution in [2.45, 2.75) is 6.42 Å². The molecular formula is C16H16ClN3O3. The predicted octanol–water partition coefficient (Wildman–Crippen LogP) is 3.87. The fraction of sp³-hybridized carbons (Fsp3) is 0.188. The Kier molecular flexibility index (Phi) is 5.94. The lowest BCUT2D eigenvalue weighted by Crippen LogP contribution is -2.03. The number of benzene rings is 2. The van der Waals surface area contributed by atoms with Crippen LogP contribution in [-0.2, 0) is 0 Å². The molecule has 0 saturated carbocycles. The number of halogens is 1. The summed E-state index contributed by atoms with van der Waals surface area (Å²) in [6.45, 7) is 1.22. The number of nitrogens with one attached hydrogen (secondary N) is 1. The zero-order valence-electron chi connectivity index (χ0n) is 12.3. The number of nitro benzene ring substituents is 1. The van der Waals surface area contributed by atoms with Crippen molar-refractivity contribution in [1.82, 2.24) is 0 Å². The largest absolute Gasteiger partial charge is 0.507 e. The Balaban J connectivity index is 1.78. The molecule has 0 aromatic heterocycles. The fourth-order valence-corrected chi connectivity index (χ4v) is 2.16. The van der Waals surface area contributed by atoms with Gasteiger partial charge in [-0.3, -0.25) is 15.1 Å². The van der Waals surface area contributed by atoms with Gasteiger partial charge in [0.05, 0.1) is 15.6 Å². The zero-order chi connectivity index (χ0) is 16.7. The average molecular weight is 334 g/mol. The number of aromatic hydroxyl groups is 1. The fourth-order valence-electron chi connectivity index (χ4n) is 1.91. The van der Waals surface area contributed by atoms with Gasteiger partial charge in [-0.15, -0.1) is 0 Å².